The van der Waals surface area contributed by atoms with Crippen molar-refractivity contribution >= 4 is 11.0 Å². The van der Waals surface area contributed by atoms with Gasteiger partial charge in [0.2, 0.25) is 0 Å². The number of hydrogen-bond acceptors (Lipinski definition) is 2. The van der Waals surface area contributed by atoms with E-state index >= 15 is 0 Å². The molecule has 1 atom stereocenters. The van der Waals surface area contributed by atoms with Crippen LogP contribution < -0.4 is 9.46 Å². The molecule has 0 amide bonds. The van der Waals surface area contributed by atoms with Crippen molar-refractivity contribution in [3.63, 3.8) is 0 Å². The van der Waals surface area contributed by atoms with Gasteiger partial charge in [0.25, 0.3) is 0 Å². The molecule has 120 valence electrons. The minimum Gasteiger partial charge on any atom is -0.455 e. The van der Waals surface area contributed by atoms with Gasteiger partial charge in [-0.25, -0.2) is 4.21 Å². The summed E-state index contributed by atoms with van der Waals surface area (Å²) in [5.41, 5.74) is -4.13. The number of ether oxygens (including phenoxy) is 1. The number of benzene rings is 1. The number of nitrogens with one attached hydrogen (secondary N) is 1. The van der Waals surface area contributed by atoms with Crippen molar-refractivity contribution in [2.45, 2.75) is 25.0 Å². The first-order chi connectivity index (χ1) is 9.39. The molecule has 1 aromatic carbocycles. The molecule has 0 bridgehead atoms. The van der Waals surface area contributed by atoms with Crippen LogP contribution in [0.5, 0.6) is 5.75 Å². The molecule has 1 N–H and O–H groups in total. The molecule has 10 heteroatoms. The van der Waals surface area contributed by atoms with Crippen molar-refractivity contribution in [2.24, 2.45) is 0 Å². The molecule has 21 heavy (non-hydrogen) atoms. The van der Waals surface area contributed by atoms with Gasteiger partial charge >= 0.3 is 18.1 Å². The van der Waals surface area contributed by atoms with Crippen LogP contribution in [0, 0.1) is 6.92 Å². The standard InChI is InChI=1S/C11H11F6NO2S/c1-7-3-5-8(6-4-7)20-9(10(12,13)14,11(15,16)17)18-21(2)19/h3-6,18H,1-2H3. The highest BCUT2D eigenvalue weighted by molar-refractivity contribution is 7.82. The Morgan fingerprint density at radius 3 is 1.76 bits per heavy atom. The summed E-state index contributed by atoms with van der Waals surface area (Å²) < 4.78 is 93.7. The SMILES string of the molecule is Cc1ccc(OC(NS(C)=O)(C(F)(F)F)C(F)(F)F)cc1. The van der Waals surface area contributed by atoms with Gasteiger partial charge < -0.3 is 4.74 Å². The van der Waals surface area contributed by atoms with E-state index in [4.69, 9.17) is 0 Å². The molecule has 0 aliphatic rings. The lowest BCUT2D eigenvalue weighted by Crippen LogP contribution is -2.70. The molecule has 0 saturated heterocycles. The predicted octanol–water partition coefficient (Wildman–Crippen LogP) is 3.08. The van der Waals surface area contributed by atoms with Gasteiger partial charge in [-0.2, -0.15) is 31.1 Å². The molecule has 0 saturated carbocycles. The number of hydrogen-bond donors (Lipinski definition) is 1. The number of aryl methyl sites for hydroxylation is 1. The smallest absolute Gasteiger partial charge is 0.453 e. The maximum Gasteiger partial charge on any atom is 0.453 e. The molecule has 0 heterocycles. The third-order valence-electron chi connectivity index (χ3n) is 2.38. The minimum absolute atomic E-state index is 0.624. The lowest BCUT2D eigenvalue weighted by Gasteiger charge is -2.36. The normalized spacial score (nSPS) is 14.9. The van der Waals surface area contributed by atoms with Gasteiger partial charge in [-0.3, -0.25) is 0 Å². The lowest BCUT2D eigenvalue weighted by molar-refractivity contribution is -0.361. The molecule has 1 rings (SSSR count). The Hall–Kier alpha value is -1.29. The summed E-state index contributed by atoms with van der Waals surface area (Å²) in [6.07, 6.45) is -11.1. The number of alkyl halides is 6. The fourth-order valence-corrected chi connectivity index (χ4v) is 2.08. The molecule has 3 nitrogen and oxygen atoms in total. The average Bonchev–Trinajstić information content (AvgIpc) is 2.27. The fourth-order valence-electron chi connectivity index (χ4n) is 1.40. The molecule has 0 fully saturated rings. The average molecular weight is 335 g/mol. The van der Waals surface area contributed by atoms with Gasteiger partial charge in [0.1, 0.15) is 5.75 Å². The van der Waals surface area contributed by atoms with E-state index in [0.717, 1.165) is 16.9 Å². The molecule has 0 radical (unpaired) electrons. The van der Waals surface area contributed by atoms with Crippen LogP contribution in [0.3, 0.4) is 0 Å². The van der Waals surface area contributed by atoms with Gasteiger partial charge in [-0.15, -0.1) is 0 Å². The summed E-state index contributed by atoms with van der Waals surface area (Å²) in [4.78, 5) is 0. The monoisotopic (exact) mass is 335 g/mol. The first-order valence-electron chi connectivity index (χ1n) is 5.39. The molecule has 0 aromatic heterocycles. The zero-order chi connectivity index (χ0) is 16.5. The summed E-state index contributed by atoms with van der Waals surface area (Å²) in [6.45, 7) is 1.60. The van der Waals surface area contributed by atoms with Gasteiger partial charge in [0.15, 0.2) is 0 Å². The molecule has 0 aliphatic carbocycles. The highest BCUT2D eigenvalue weighted by atomic mass is 32.2. The van der Waals surface area contributed by atoms with E-state index in [1.807, 2.05) is 0 Å². The molecule has 1 aromatic rings. The summed E-state index contributed by atoms with van der Waals surface area (Å²) in [5, 5.41) is 0. The van der Waals surface area contributed by atoms with Gasteiger partial charge in [-0.1, -0.05) is 17.7 Å². The van der Waals surface area contributed by atoms with E-state index in [-0.39, 0.29) is 0 Å². The summed E-state index contributed by atoms with van der Waals surface area (Å²) in [6, 6.07) is 4.50. The van der Waals surface area contributed by atoms with Crippen LogP contribution in [0.25, 0.3) is 0 Å². The van der Waals surface area contributed by atoms with E-state index in [1.165, 1.54) is 12.1 Å². The Labute approximate surface area is 118 Å². The van der Waals surface area contributed by atoms with Gasteiger partial charge in [0, 0.05) is 6.26 Å². The van der Waals surface area contributed by atoms with E-state index in [2.05, 4.69) is 4.74 Å². The maximum atomic E-state index is 13.0. The van der Waals surface area contributed by atoms with Crippen molar-refractivity contribution in [1.82, 2.24) is 4.72 Å². The van der Waals surface area contributed by atoms with Crippen molar-refractivity contribution in [2.75, 3.05) is 6.26 Å². The van der Waals surface area contributed by atoms with E-state index in [1.54, 1.807) is 6.92 Å². The molecular weight excluding hydrogens is 324 g/mol. The molecule has 0 spiro atoms. The Morgan fingerprint density at radius 2 is 1.43 bits per heavy atom. The van der Waals surface area contributed by atoms with Crippen LogP contribution >= 0.6 is 0 Å². The third-order valence-corrected chi connectivity index (χ3v) is 2.95. The Balaban J connectivity index is 3.35. The summed E-state index contributed by atoms with van der Waals surface area (Å²) in [5.74, 6) is -0.659. The number of rotatable bonds is 4. The number of halogens is 6. The van der Waals surface area contributed by atoms with Crippen molar-refractivity contribution in [3.8, 4) is 5.75 Å². The fraction of sp³-hybridized carbons (Fsp3) is 0.455. The van der Waals surface area contributed by atoms with Gasteiger partial charge in [-0.05, 0) is 19.1 Å². The van der Waals surface area contributed by atoms with E-state index in [0.29, 0.717) is 11.8 Å². The van der Waals surface area contributed by atoms with Crippen LogP contribution in [0.15, 0.2) is 24.3 Å². The summed E-state index contributed by atoms with van der Waals surface area (Å²) in [7, 11) is -2.62. The highest BCUT2D eigenvalue weighted by Gasteiger charge is 2.75. The Kier molecular flexibility index (Phi) is 4.94. The molecule has 0 aliphatic heterocycles. The largest absolute Gasteiger partial charge is 0.455 e. The second kappa shape index (κ2) is 5.84. The zero-order valence-electron chi connectivity index (χ0n) is 10.8. The van der Waals surface area contributed by atoms with Crippen molar-refractivity contribution in [3.05, 3.63) is 29.8 Å². The highest BCUT2D eigenvalue weighted by Crippen LogP contribution is 2.44. The zero-order valence-corrected chi connectivity index (χ0v) is 11.6. The topological polar surface area (TPSA) is 38.3 Å². The molecular formula is C11H11F6NO2S. The van der Waals surface area contributed by atoms with Crippen LogP contribution in [0.2, 0.25) is 0 Å². The van der Waals surface area contributed by atoms with Crippen LogP contribution in [-0.4, -0.2) is 28.5 Å². The van der Waals surface area contributed by atoms with Gasteiger partial charge in [0.05, 0.1) is 11.0 Å². The van der Waals surface area contributed by atoms with Crippen molar-refractivity contribution in [1.29, 1.82) is 0 Å². The quantitative estimate of drug-likeness (QED) is 0.678. The predicted molar refractivity (Wildman–Crippen MR) is 63.9 cm³/mol. The maximum absolute atomic E-state index is 13.0. The van der Waals surface area contributed by atoms with Crippen LogP contribution in [0.1, 0.15) is 5.56 Å². The molecule has 1 unspecified atom stereocenters. The Bertz CT molecular complexity index is 497. The lowest BCUT2D eigenvalue weighted by atomic mass is 10.2. The van der Waals surface area contributed by atoms with Crippen molar-refractivity contribution < 1.29 is 35.3 Å². The van der Waals surface area contributed by atoms with Crippen LogP contribution in [0.4, 0.5) is 26.3 Å². The second-order valence-electron chi connectivity index (χ2n) is 4.15. The first-order valence-corrected chi connectivity index (χ1v) is 6.95. The second-order valence-corrected chi connectivity index (χ2v) is 5.26. The Morgan fingerprint density at radius 1 is 1.00 bits per heavy atom. The van der Waals surface area contributed by atoms with E-state index < -0.39 is 34.8 Å². The summed E-state index contributed by atoms with van der Waals surface area (Å²) >= 11 is 0. The third kappa shape index (κ3) is 3.88. The van der Waals surface area contributed by atoms with Crippen LogP contribution in [-0.2, 0) is 11.0 Å². The minimum atomic E-state index is -5.87. The first kappa shape index (κ1) is 17.8. The van der Waals surface area contributed by atoms with E-state index in [9.17, 15) is 30.6 Å².